The number of rotatable bonds is 6. The van der Waals surface area contributed by atoms with Crippen LogP contribution in [0.3, 0.4) is 0 Å². The molecule has 3 heterocycles. The predicted molar refractivity (Wildman–Crippen MR) is 96.4 cm³/mol. The Balaban J connectivity index is 1.46. The number of primary amides is 1. The molecule has 25 heavy (non-hydrogen) atoms. The Morgan fingerprint density at radius 3 is 2.84 bits per heavy atom. The third-order valence-electron chi connectivity index (χ3n) is 4.45. The quantitative estimate of drug-likeness (QED) is 0.818. The van der Waals surface area contributed by atoms with Crippen LogP contribution in [-0.2, 0) is 17.8 Å². The first kappa shape index (κ1) is 17.5. The second-order valence-corrected chi connectivity index (χ2v) is 7.23. The Bertz CT molecular complexity index is 704. The number of aromatic nitrogens is 2. The first-order chi connectivity index (χ1) is 12.1. The lowest BCUT2D eigenvalue weighted by Crippen LogP contribution is -2.44. The average Bonchev–Trinajstić information content (AvgIpc) is 3.26. The van der Waals surface area contributed by atoms with Gasteiger partial charge in [-0.2, -0.15) is 0 Å². The van der Waals surface area contributed by atoms with Crippen LogP contribution < -0.4 is 11.1 Å². The summed E-state index contributed by atoms with van der Waals surface area (Å²) in [7, 11) is 0. The molecule has 0 saturated carbocycles. The molecule has 1 aliphatic rings. The van der Waals surface area contributed by atoms with E-state index in [1.807, 2.05) is 20.9 Å². The molecule has 1 aliphatic heterocycles. The SMILES string of the molecule is NC(=O)Cn1ccnc1C1CCN(C(=O)NCCc2cccs2)CC1. The van der Waals surface area contributed by atoms with Gasteiger partial charge in [0, 0.05) is 42.8 Å². The summed E-state index contributed by atoms with van der Waals surface area (Å²) in [6.07, 6.45) is 6.03. The van der Waals surface area contributed by atoms with Crippen molar-refractivity contribution in [3.05, 3.63) is 40.6 Å². The van der Waals surface area contributed by atoms with Gasteiger partial charge in [0.2, 0.25) is 5.91 Å². The molecule has 0 unspecified atom stereocenters. The number of carbonyl (C=O) groups is 2. The lowest BCUT2D eigenvalue weighted by molar-refractivity contribution is -0.118. The zero-order chi connectivity index (χ0) is 17.6. The normalized spacial score (nSPS) is 15.3. The molecule has 7 nitrogen and oxygen atoms in total. The Morgan fingerprint density at radius 1 is 1.36 bits per heavy atom. The van der Waals surface area contributed by atoms with E-state index < -0.39 is 0 Å². The van der Waals surface area contributed by atoms with Crippen LogP contribution in [0, 0.1) is 0 Å². The Morgan fingerprint density at radius 2 is 2.16 bits per heavy atom. The molecule has 0 bridgehead atoms. The lowest BCUT2D eigenvalue weighted by Gasteiger charge is -2.31. The number of hydrogen-bond donors (Lipinski definition) is 2. The maximum absolute atomic E-state index is 12.3. The smallest absolute Gasteiger partial charge is 0.317 e. The molecule has 3 amide bonds. The number of nitrogens with one attached hydrogen (secondary N) is 1. The Hall–Kier alpha value is -2.35. The van der Waals surface area contributed by atoms with Crippen LogP contribution >= 0.6 is 11.3 Å². The molecule has 1 fully saturated rings. The van der Waals surface area contributed by atoms with Crippen molar-refractivity contribution >= 4 is 23.3 Å². The number of urea groups is 1. The van der Waals surface area contributed by atoms with E-state index >= 15 is 0 Å². The topological polar surface area (TPSA) is 93.2 Å². The standard InChI is InChI=1S/C17H23N5O2S/c18-15(23)12-22-10-7-19-16(22)13-4-8-21(9-5-13)17(24)20-6-3-14-2-1-11-25-14/h1-2,7,10-11,13H,3-6,8-9,12H2,(H2,18,23)(H,20,24). The molecule has 2 aromatic rings. The summed E-state index contributed by atoms with van der Waals surface area (Å²) in [6, 6.07) is 4.10. The van der Waals surface area contributed by atoms with Gasteiger partial charge in [0.05, 0.1) is 0 Å². The van der Waals surface area contributed by atoms with Crippen molar-refractivity contribution in [3.8, 4) is 0 Å². The molecule has 2 aromatic heterocycles. The lowest BCUT2D eigenvalue weighted by atomic mass is 9.96. The number of amides is 3. The zero-order valence-corrected chi connectivity index (χ0v) is 14.9. The van der Waals surface area contributed by atoms with E-state index in [4.69, 9.17) is 5.73 Å². The van der Waals surface area contributed by atoms with Gasteiger partial charge in [-0.25, -0.2) is 9.78 Å². The van der Waals surface area contributed by atoms with Gasteiger partial charge in [-0.3, -0.25) is 4.79 Å². The second-order valence-electron chi connectivity index (χ2n) is 6.20. The van der Waals surface area contributed by atoms with Crippen LogP contribution in [0.1, 0.15) is 29.5 Å². The van der Waals surface area contributed by atoms with Gasteiger partial charge in [-0.15, -0.1) is 11.3 Å². The molecule has 0 spiro atoms. The molecule has 3 N–H and O–H groups in total. The summed E-state index contributed by atoms with van der Waals surface area (Å²) >= 11 is 1.71. The number of likely N-dealkylation sites (tertiary alicyclic amines) is 1. The highest BCUT2D eigenvalue weighted by Gasteiger charge is 2.26. The minimum absolute atomic E-state index is 0.00418. The van der Waals surface area contributed by atoms with Crippen LogP contribution in [0.4, 0.5) is 4.79 Å². The van der Waals surface area contributed by atoms with Gasteiger partial charge in [-0.1, -0.05) is 6.07 Å². The van der Waals surface area contributed by atoms with E-state index in [2.05, 4.69) is 16.4 Å². The molecule has 3 rings (SSSR count). The predicted octanol–water partition coefficient (Wildman–Crippen LogP) is 1.56. The molecule has 0 aromatic carbocycles. The van der Waals surface area contributed by atoms with Crippen molar-refractivity contribution in [2.75, 3.05) is 19.6 Å². The maximum Gasteiger partial charge on any atom is 0.317 e. The third kappa shape index (κ3) is 4.60. The van der Waals surface area contributed by atoms with Gasteiger partial charge in [0.15, 0.2) is 0 Å². The van der Waals surface area contributed by atoms with Crippen LogP contribution in [0.2, 0.25) is 0 Å². The average molecular weight is 361 g/mol. The molecule has 0 atom stereocenters. The second kappa shape index (κ2) is 8.15. The number of imidazole rings is 1. The molecular weight excluding hydrogens is 338 g/mol. The van der Waals surface area contributed by atoms with E-state index in [1.54, 1.807) is 23.7 Å². The fourth-order valence-electron chi connectivity index (χ4n) is 3.18. The molecule has 1 saturated heterocycles. The van der Waals surface area contributed by atoms with Gasteiger partial charge in [-0.05, 0) is 30.7 Å². The van der Waals surface area contributed by atoms with Crippen LogP contribution in [0.5, 0.6) is 0 Å². The zero-order valence-electron chi connectivity index (χ0n) is 14.1. The number of thiophene rings is 1. The van der Waals surface area contributed by atoms with Crippen molar-refractivity contribution in [1.29, 1.82) is 0 Å². The van der Waals surface area contributed by atoms with E-state index in [9.17, 15) is 9.59 Å². The van der Waals surface area contributed by atoms with Crippen molar-refractivity contribution in [2.45, 2.75) is 31.7 Å². The number of hydrogen-bond acceptors (Lipinski definition) is 4. The Kier molecular flexibility index (Phi) is 5.70. The number of carbonyl (C=O) groups excluding carboxylic acids is 2. The van der Waals surface area contributed by atoms with Gasteiger partial charge < -0.3 is 20.5 Å². The maximum atomic E-state index is 12.3. The minimum atomic E-state index is -0.373. The minimum Gasteiger partial charge on any atom is -0.368 e. The highest BCUT2D eigenvalue weighted by molar-refractivity contribution is 7.09. The molecular formula is C17H23N5O2S. The van der Waals surface area contributed by atoms with Crippen LogP contribution in [0.25, 0.3) is 0 Å². The summed E-state index contributed by atoms with van der Waals surface area (Å²) in [5.41, 5.74) is 5.28. The van der Waals surface area contributed by atoms with Crippen molar-refractivity contribution in [1.82, 2.24) is 19.8 Å². The molecule has 134 valence electrons. The van der Waals surface area contributed by atoms with Crippen molar-refractivity contribution in [2.24, 2.45) is 5.73 Å². The number of piperidine rings is 1. The van der Waals surface area contributed by atoms with Gasteiger partial charge >= 0.3 is 6.03 Å². The largest absolute Gasteiger partial charge is 0.368 e. The Labute approximate surface area is 150 Å². The fourth-order valence-corrected chi connectivity index (χ4v) is 3.89. The molecule has 8 heteroatoms. The molecule has 0 aliphatic carbocycles. The highest BCUT2D eigenvalue weighted by atomic mass is 32.1. The fraction of sp³-hybridized carbons (Fsp3) is 0.471. The summed E-state index contributed by atoms with van der Waals surface area (Å²) in [5.74, 6) is 0.767. The summed E-state index contributed by atoms with van der Waals surface area (Å²) in [6.45, 7) is 2.19. The summed E-state index contributed by atoms with van der Waals surface area (Å²) in [4.78, 5) is 30.9. The number of nitrogens with two attached hydrogens (primary N) is 1. The number of nitrogens with zero attached hydrogens (tertiary/aromatic N) is 3. The first-order valence-corrected chi connectivity index (χ1v) is 9.36. The van der Waals surface area contributed by atoms with E-state index in [0.717, 1.165) is 25.1 Å². The van der Waals surface area contributed by atoms with Crippen molar-refractivity contribution in [3.63, 3.8) is 0 Å². The van der Waals surface area contributed by atoms with Crippen molar-refractivity contribution < 1.29 is 9.59 Å². The first-order valence-electron chi connectivity index (χ1n) is 8.48. The highest BCUT2D eigenvalue weighted by Crippen LogP contribution is 2.26. The monoisotopic (exact) mass is 361 g/mol. The molecule has 0 radical (unpaired) electrons. The van der Waals surface area contributed by atoms with Crippen LogP contribution in [-0.4, -0.2) is 46.0 Å². The van der Waals surface area contributed by atoms with Gasteiger partial charge in [0.1, 0.15) is 12.4 Å². The van der Waals surface area contributed by atoms with Gasteiger partial charge in [0.25, 0.3) is 0 Å². The summed E-state index contributed by atoms with van der Waals surface area (Å²) < 4.78 is 1.81. The van der Waals surface area contributed by atoms with E-state index in [1.165, 1.54) is 4.88 Å². The van der Waals surface area contributed by atoms with E-state index in [-0.39, 0.29) is 24.4 Å². The summed E-state index contributed by atoms with van der Waals surface area (Å²) in [5, 5.41) is 5.04. The van der Waals surface area contributed by atoms with E-state index in [0.29, 0.717) is 19.6 Å². The third-order valence-corrected chi connectivity index (χ3v) is 5.39. The van der Waals surface area contributed by atoms with Crippen LogP contribution in [0.15, 0.2) is 29.9 Å².